The highest BCUT2D eigenvalue weighted by Gasteiger charge is 2.39. The number of anilines is 1. The number of benzene rings is 1. The van der Waals surface area contributed by atoms with Gasteiger partial charge in [0.25, 0.3) is 11.8 Å². The first-order valence-electron chi connectivity index (χ1n) is 17.9. The van der Waals surface area contributed by atoms with E-state index in [9.17, 15) is 23.2 Å². The van der Waals surface area contributed by atoms with Crippen LogP contribution in [0.15, 0.2) is 76.9 Å². The number of nitrogens with one attached hydrogen (secondary N) is 1. The summed E-state index contributed by atoms with van der Waals surface area (Å²) < 4.78 is 28.2. The molecule has 0 spiro atoms. The molecule has 0 aliphatic heterocycles. The van der Waals surface area contributed by atoms with Gasteiger partial charge in [-0.25, -0.2) is 8.78 Å². The van der Waals surface area contributed by atoms with Crippen LogP contribution in [-0.2, 0) is 9.59 Å². The molecule has 5 rings (SSSR count). The van der Waals surface area contributed by atoms with Gasteiger partial charge in [-0.1, -0.05) is 68.4 Å². The van der Waals surface area contributed by atoms with Crippen LogP contribution in [-0.4, -0.2) is 23.4 Å². The van der Waals surface area contributed by atoms with E-state index in [1.807, 2.05) is 19.1 Å². The van der Waals surface area contributed by atoms with E-state index in [0.29, 0.717) is 41.8 Å². The number of unbranched alkanes of at least 4 members (excludes halogenated alkanes) is 1. The molecule has 4 aliphatic carbocycles. The molecule has 1 saturated carbocycles. The van der Waals surface area contributed by atoms with Crippen molar-refractivity contribution in [3.63, 3.8) is 0 Å². The van der Waals surface area contributed by atoms with Crippen molar-refractivity contribution in [3.8, 4) is 0 Å². The lowest BCUT2D eigenvalue weighted by Gasteiger charge is -2.20. The minimum Gasteiger partial charge on any atom is -0.322 e. The molecule has 4 atom stereocenters. The lowest BCUT2D eigenvalue weighted by Crippen LogP contribution is -2.21. The third kappa shape index (κ3) is 9.36. The van der Waals surface area contributed by atoms with E-state index >= 15 is 0 Å². The Morgan fingerprint density at radius 1 is 1.06 bits per heavy atom. The first-order valence-corrected chi connectivity index (χ1v) is 17.9. The van der Waals surface area contributed by atoms with E-state index in [2.05, 4.69) is 36.5 Å². The number of allylic oxidation sites excluding steroid dienone is 8. The second-order valence-electron chi connectivity index (χ2n) is 14.4. The van der Waals surface area contributed by atoms with Gasteiger partial charge in [-0.2, -0.15) is 0 Å². The predicted octanol–water partition coefficient (Wildman–Crippen LogP) is 10.8. The van der Waals surface area contributed by atoms with E-state index in [4.69, 9.17) is 0 Å². The zero-order chi connectivity index (χ0) is 33.6. The third-order valence-electron chi connectivity index (χ3n) is 10.6. The molecule has 0 bridgehead atoms. The SMILES string of the molecule is CC(CCCCC1=CCCCC1=O)C(=O)c1ccc(C2CC2CCCC2=CC=CCC2C)c(NC(=O)C2=CCCC(C(C)(F)F)=C2)c1. The van der Waals surface area contributed by atoms with Gasteiger partial charge in [-0.15, -0.1) is 0 Å². The van der Waals surface area contributed by atoms with Crippen LogP contribution in [0.5, 0.6) is 0 Å². The van der Waals surface area contributed by atoms with Gasteiger partial charge in [0.1, 0.15) is 0 Å². The lowest BCUT2D eigenvalue weighted by atomic mass is 9.89. The number of alkyl halides is 2. The molecule has 1 aromatic rings. The maximum absolute atomic E-state index is 14.1. The van der Waals surface area contributed by atoms with Crippen molar-refractivity contribution in [2.24, 2.45) is 17.8 Å². The van der Waals surface area contributed by atoms with Crippen LogP contribution in [0.3, 0.4) is 0 Å². The summed E-state index contributed by atoms with van der Waals surface area (Å²) in [5, 5.41) is 3.03. The molecule has 0 aromatic heterocycles. The molecular formula is C41H51F2NO3. The quantitative estimate of drug-likeness (QED) is 0.153. The summed E-state index contributed by atoms with van der Waals surface area (Å²) in [4.78, 5) is 39.1. The second kappa shape index (κ2) is 15.7. The molecule has 0 heterocycles. The molecule has 4 unspecified atom stereocenters. The van der Waals surface area contributed by atoms with Crippen molar-refractivity contribution < 1.29 is 23.2 Å². The first kappa shape index (κ1) is 34.9. The van der Waals surface area contributed by atoms with Gasteiger partial charge in [-0.3, -0.25) is 14.4 Å². The second-order valence-corrected chi connectivity index (χ2v) is 14.4. The molecular weight excluding hydrogens is 592 g/mol. The molecule has 47 heavy (non-hydrogen) atoms. The highest BCUT2D eigenvalue weighted by molar-refractivity contribution is 6.07. The minimum absolute atomic E-state index is 0.0287. The molecule has 0 saturated heterocycles. The Bertz CT molecular complexity index is 1500. The van der Waals surface area contributed by atoms with Crippen LogP contribution in [0.1, 0.15) is 133 Å². The number of carbonyl (C=O) groups excluding carboxylic acids is 3. The Balaban J connectivity index is 1.25. The predicted molar refractivity (Wildman–Crippen MR) is 186 cm³/mol. The van der Waals surface area contributed by atoms with Gasteiger partial charge in [-0.05, 0) is 124 Å². The summed E-state index contributed by atoms with van der Waals surface area (Å²) >= 11 is 0. The number of hydrogen-bond donors (Lipinski definition) is 1. The fourth-order valence-corrected chi connectivity index (χ4v) is 7.41. The molecule has 1 fully saturated rings. The normalized spacial score (nSPS) is 23.3. The number of hydrogen-bond acceptors (Lipinski definition) is 3. The van der Waals surface area contributed by atoms with Crippen LogP contribution >= 0.6 is 0 Å². The Kier molecular flexibility index (Phi) is 11.6. The Morgan fingerprint density at radius 3 is 2.66 bits per heavy atom. The van der Waals surface area contributed by atoms with E-state index in [0.717, 1.165) is 88.7 Å². The smallest absolute Gasteiger partial charge is 0.266 e. The lowest BCUT2D eigenvalue weighted by molar-refractivity contribution is -0.116. The highest BCUT2D eigenvalue weighted by atomic mass is 19.3. The van der Waals surface area contributed by atoms with Crippen LogP contribution in [0.2, 0.25) is 0 Å². The number of ketones is 2. The van der Waals surface area contributed by atoms with Crippen molar-refractivity contribution in [1.29, 1.82) is 0 Å². The number of rotatable bonds is 15. The van der Waals surface area contributed by atoms with Crippen LogP contribution in [0, 0.1) is 17.8 Å². The van der Waals surface area contributed by atoms with Gasteiger partial charge in [0.05, 0.1) is 0 Å². The molecule has 6 heteroatoms. The maximum Gasteiger partial charge on any atom is 0.266 e. The third-order valence-corrected chi connectivity index (χ3v) is 10.6. The Hall–Kier alpha value is -3.41. The molecule has 0 radical (unpaired) electrons. The molecule has 1 aromatic carbocycles. The van der Waals surface area contributed by atoms with Gasteiger partial charge in [0.2, 0.25) is 0 Å². The van der Waals surface area contributed by atoms with Crippen molar-refractivity contribution in [1.82, 2.24) is 0 Å². The number of amides is 1. The summed E-state index contributed by atoms with van der Waals surface area (Å²) in [5.74, 6) is -1.88. The van der Waals surface area contributed by atoms with E-state index in [1.165, 1.54) is 11.6 Å². The zero-order valence-corrected chi connectivity index (χ0v) is 28.4. The summed E-state index contributed by atoms with van der Waals surface area (Å²) in [6.07, 6.45) is 23.6. The van der Waals surface area contributed by atoms with Crippen molar-refractivity contribution >= 4 is 23.2 Å². The number of carbonyl (C=O) groups is 3. The van der Waals surface area contributed by atoms with Crippen molar-refractivity contribution in [2.45, 2.75) is 123 Å². The average Bonchev–Trinajstić information content (AvgIpc) is 3.83. The fourth-order valence-electron chi connectivity index (χ4n) is 7.41. The summed E-state index contributed by atoms with van der Waals surface area (Å²) in [7, 11) is 0. The maximum atomic E-state index is 14.1. The standard InChI is InChI=1S/C41H51F2NO3/c1-27-12-4-6-14-29(27)17-10-18-31-25-36(31)35-23-22-32(39(46)28(2)13-5-7-15-30-16-8-9-21-38(30)45)26-37(35)44-40(47)33-19-11-20-34(24-33)41(3,42)43/h4,6,14,16,19,22-24,26-28,31,36H,5,7-13,15,17-18,20-21,25H2,1-3H3,(H,44,47). The average molecular weight is 644 g/mol. The molecule has 4 aliphatic rings. The van der Waals surface area contributed by atoms with Crippen molar-refractivity contribution in [2.75, 3.05) is 5.32 Å². The topological polar surface area (TPSA) is 63.2 Å². The molecule has 252 valence electrons. The van der Waals surface area contributed by atoms with E-state index in [1.54, 1.807) is 12.1 Å². The van der Waals surface area contributed by atoms with Gasteiger partial charge in [0, 0.05) is 36.1 Å². The monoisotopic (exact) mass is 643 g/mol. The molecule has 4 nitrogen and oxygen atoms in total. The summed E-state index contributed by atoms with van der Waals surface area (Å²) in [6.45, 7) is 5.10. The summed E-state index contributed by atoms with van der Waals surface area (Å²) in [5.41, 5.74) is 4.85. The first-order chi connectivity index (χ1) is 22.5. The number of Topliss-reactive ketones (excluding diaryl/α,β-unsaturated/α-hetero) is 2. The Morgan fingerprint density at radius 2 is 1.89 bits per heavy atom. The number of halogens is 2. The zero-order valence-electron chi connectivity index (χ0n) is 28.4. The highest BCUT2D eigenvalue weighted by Crippen LogP contribution is 2.53. The molecule has 1 amide bonds. The van der Waals surface area contributed by atoms with Gasteiger partial charge >= 0.3 is 0 Å². The van der Waals surface area contributed by atoms with E-state index in [-0.39, 0.29) is 35.1 Å². The van der Waals surface area contributed by atoms with Crippen LogP contribution < -0.4 is 5.32 Å². The summed E-state index contributed by atoms with van der Waals surface area (Å²) in [6, 6.07) is 5.69. The van der Waals surface area contributed by atoms with Crippen LogP contribution in [0.4, 0.5) is 14.5 Å². The van der Waals surface area contributed by atoms with Crippen molar-refractivity contribution in [3.05, 3.63) is 88.1 Å². The Labute approximate surface area is 279 Å². The fraction of sp³-hybridized carbons (Fsp3) is 0.537. The minimum atomic E-state index is -2.97. The van der Waals surface area contributed by atoms with Crippen LogP contribution in [0.25, 0.3) is 0 Å². The van der Waals surface area contributed by atoms with Gasteiger partial charge in [0.15, 0.2) is 11.6 Å². The largest absolute Gasteiger partial charge is 0.322 e. The van der Waals surface area contributed by atoms with E-state index < -0.39 is 11.8 Å². The molecule has 1 N–H and O–H groups in total. The van der Waals surface area contributed by atoms with Gasteiger partial charge < -0.3 is 5.32 Å².